The van der Waals surface area contributed by atoms with E-state index in [4.69, 9.17) is 14.2 Å². The number of carbonyl (C=O) groups excluding carboxylic acids is 3. The number of esters is 3. The van der Waals surface area contributed by atoms with E-state index in [2.05, 4.69) is 93.7 Å². The van der Waals surface area contributed by atoms with Crippen molar-refractivity contribution in [2.75, 3.05) is 13.2 Å². The van der Waals surface area contributed by atoms with Crippen LogP contribution in [0.5, 0.6) is 0 Å². The lowest BCUT2D eigenvalue weighted by Crippen LogP contribution is -2.30. The average Bonchev–Trinajstić information content (AvgIpc) is 3.45. The molecule has 0 amide bonds. The maximum atomic E-state index is 12.9. The van der Waals surface area contributed by atoms with Crippen molar-refractivity contribution in [2.45, 2.75) is 361 Å². The second-order valence-electron chi connectivity index (χ2n) is 23.1. The molecular weight excluding hydrogens is 973 g/mol. The first-order valence-electron chi connectivity index (χ1n) is 34.4. The van der Waals surface area contributed by atoms with Gasteiger partial charge in [-0.2, -0.15) is 0 Å². The Hall–Kier alpha value is -3.15. The van der Waals surface area contributed by atoms with Gasteiger partial charge in [-0.1, -0.05) is 299 Å². The van der Waals surface area contributed by atoms with Gasteiger partial charge in [0.15, 0.2) is 6.10 Å². The third-order valence-corrected chi connectivity index (χ3v) is 15.2. The van der Waals surface area contributed by atoms with Gasteiger partial charge in [-0.15, -0.1) is 0 Å². The van der Waals surface area contributed by atoms with Gasteiger partial charge in [0.2, 0.25) is 0 Å². The van der Waals surface area contributed by atoms with Crippen LogP contribution in [-0.4, -0.2) is 37.2 Å². The number of carbonyl (C=O) groups is 3. The highest BCUT2D eigenvalue weighted by Crippen LogP contribution is 2.17. The topological polar surface area (TPSA) is 78.9 Å². The molecule has 0 saturated carbocycles. The Bertz CT molecular complexity index is 1450. The summed E-state index contributed by atoms with van der Waals surface area (Å²) in [5.74, 6) is -0.887. The SMILES string of the molecule is CCCC/C=C\C/C=C\CCCCCCCC(=O)OC(COC(=O)CCCCCCC/C=C\CCCCCCC)COC(=O)CCCCCCCCCCCCCCCCCCCC/C=C\C/C=C\C/C=C\CCCCCCC. The normalized spacial score (nSPS) is 12.5. The molecule has 1 atom stereocenters. The molecule has 1 unspecified atom stereocenters. The quantitative estimate of drug-likeness (QED) is 0.0261. The summed E-state index contributed by atoms with van der Waals surface area (Å²) in [6.07, 6.45) is 87.9. The Labute approximate surface area is 491 Å². The second kappa shape index (κ2) is 67.4. The first-order valence-corrected chi connectivity index (χ1v) is 34.4. The molecule has 0 aliphatic heterocycles. The Kier molecular flexibility index (Phi) is 64.7. The van der Waals surface area contributed by atoms with E-state index in [-0.39, 0.29) is 31.1 Å². The van der Waals surface area contributed by atoms with Crippen molar-refractivity contribution in [3.8, 4) is 0 Å². The highest BCUT2D eigenvalue weighted by Gasteiger charge is 2.19. The monoisotopic (exact) mass is 1100 g/mol. The largest absolute Gasteiger partial charge is 0.462 e. The molecule has 0 radical (unpaired) electrons. The van der Waals surface area contributed by atoms with Crippen LogP contribution in [0.2, 0.25) is 0 Å². The molecule has 0 N–H and O–H groups in total. The molecule has 0 rings (SSSR count). The third-order valence-electron chi connectivity index (χ3n) is 15.2. The van der Waals surface area contributed by atoms with Crippen LogP contribution in [0, 0.1) is 0 Å². The van der Waals surface area contributed by atoms with Crippen molar-refractivity contribution >= 4 is 17.9 Å². The molecule has 0 fully saturated rings. The van der Waals surface area contributed by atoms with E-state index in [1.54, 1.807) is 0 Å². The average molecular weight is 1100 g/mol. The van der Waals surface area contributed by atoms with Gasteiger partial charge >= 0.3 is 17.9 Å². The lowest BCUT2D eigenvalue weighted by atomic mass is 10.0. The van der Waals surface area contributed by atoms with Crippen molar-refractivity contribution in [2.24, 2.45) is 0 Å². The molecule has 6 heteroatoms. The number of ether oxygens (including phenoxy) is 3. The van der Waals surface area contributed by atoms with Gasteiger partial charge < -0.3 is 14.2 Å². The van der Waals surface area contributed by atoms with E-state index in [1.807, 2.05) is 0 Å². The van der Waals surface area contributed by atoms with Gasteiger partial charge in [0.25, 0.3) is 0 Å². The number of rotatable bonds is 63. The predicted octanol–water partition coefficient (Wildman–Crippen LogP) is 23.7. The summed E-state index contributed by atoms with van der Waals surface area (Å²) in [5, 5.41) is 0. The van der Waals surface area contributed by atoms with Crippen LogP contribution in [0.25, 0.3) is 0 Å². The van der Waals surface area contributed by atoms with Crippen LogP contribution < -0.4 is 0 Å². The van der Waals surface area contributed by atoms with Gasteiger partial charge in [0, 0.05) is 19.3 Å². The summed E-state index contributed by atoms with van der Waals surface area (Å²) >= 11 is 0. The molecule has 458 valence electrons. The summed E-state index contributed by atoms with van der Waals surface area (Å²) in [6, 6.07) is 0. The van der Waals surface area contributed by atoms with Crippen LogP contribution in [0.15, 0.2) is 72.9 Å². The third kappa shape index (κ3) is 65.5. The zero-order valence-corrected chi connectivity index (χ0v) is 52.6. The van der Waals surface area contributed by atoms with Crippen LogP contribution in [0.1, 0.15) is 355 Å². The van der Waals surface area contributed by atoms with Crippen molar-refractivity contribution < 1.29 is 28.6 Å². The van der Waals surface area contributed by atoms with E-state index in [9.17, 15) is 14.4 Å². The maximum Gasteiger partial charge on any atom is 0.306 e. The molecule has 79 heavy (non-hydrogen) atoms. The minimum Gasteiger partial charge on any atom is -0.462 e. The molecule has 0 aromatic heterocycles. The van der Waals surface area contributed by atoms with Crippen LogP contribution >= 0.6 is 0 Å². The van der Waals surface area contributed by atoms with E-state index in [0.29, 0.717) is 19.3 Å². The highest BCUT2D eigenvalue weighted by molar-refractivity contribution is 5.71. The Morgan fingerprint density at radius 1 is 0.253 bits per heavy atom. The fraction of sp³-hybridized carbons (Fsp3) is 0.795. The minimum atomic E-state index is -0.785. The molecule has 0 aromatic carbocycles. The smallest absolute Gasteiger partial charge is 0.306 e. The van der Waals surface area contributed by atoms with Crippen molar-refractivity contribution in [1.82, 2.24) is 0 Å². The van der Waals surface area contributed by atoms with E-state index in [1.165, 1.54) is 212 Å². The van der Waals surface area contributed by atoms with Gasteiger partial charge in [0.05, 0.1) is 0 Å². The number of hydrogen-bond acceptors (Lipinski definition) is 6. The predicted molar refractivity (Wildman–Crippen MR) is 344 cm³/mol. The minimum absolute atomic E-state index is 0.0806. The first kappa shape index (κ1) is 75.8. The fourth-order valence-electron chi connectivity index (χ4n) is 9.93. The molecular formula is C73H130O6. The Balaban J connectivity index is 4.14. The highest BCUT2D eigenvalue weighted by atomic mass is 16.6. The first-order chi connectivity index (χ1) is 39.0. The van der Waals surface area contributed by atoms with Crippen molar-refractivity contribution in [3.05, 3.63) is 72.9 Å². The molecule has 0 aromatic rings. The summed E-state index contributed by atoms with van der Waals surface area (Å²) in [5.41, 5.74) is 0. The molecule has 0 bridgehead atoms. The number of unbranched alkanes of at least 4 members (excludes halogenated alkanes) is 40. The molecule has 0 aliphatic carbocycles. The van der Waals surface area contributed by atoms with E-state index in [0.717, 1.165) is 103 Å². The van der Waals surface area contributed by atoms with Crippen LogP contribution in [0.4, 0.5) is 0 Å². The Morgan fingerprint density at radius 2 is 0.468 bits per heavy atom. The van der Waals surface area contributed by atoms with Gasteiger partial charge in [-0.25, -0.2) is 0 Å². The summed E-state index contributed by atoms with van der Waals surface area (Å²) in [7, 11) is 0. The summed E-state index contributed by atoms with van der Waals surface area (Å²) < 4.78 is 16.9. The van der Waals surface area contributed by atoms with Gasteiger partial charge in [-0.3, -0.25) is 14.4 Å². The standard InChI is InChI=1S/C73H130O6/c1-4-7-10-13-16-19-22-25-28-29-30-31-32-33-34-35-36-37-38-39-40-41-42-43-44-45-46-49-51-54-57-60-63-66-72(75)78-69-70(79-73(76)67-64-61-58-55-52-48-27-24-21-18-15-12-9-6-3)68-77-71(74)65-62-59-56-53-50-47-26-23-20-17-14-11-8-5-2/h15,18,22-27,29-30,32-33,70H,4-14,16-17,19-21,28,31,34-69H2,1-3H3/b18-15-,25-22-,26-23-,27-24-,30-29-,33-32-. The van der Waals surface area contributed by atoms with E-state index < -0.39 is 6.10 Å². The zero-order valence-electron chi connectivity index (χ0n) is 52.6. The molecule has 6 nitrogen and oxygen atoms in total. The maximum absolute atomic E-state index is 12.9. The van der Waals surface area contributed by atoms with Crippen molar-refractivity contribution in [3.63, 3.8) is 0 Å². The van der Waals surface area contributed by atoms with Crippen molar-refractivity contribution in [1.29, 1.82) is 0 Å². The van der Waals surface area contributed by atoms with Gasteiger partial charge in [-0.05, 0) is 109 Å². The van der Waals surface area contributed by atoms with E-state index >= 15 is 0 Å². The summed E-state index contributed by atoms with van der Waals surface area (Å²) in [6.45, 7) is 6.60. The molecule has 0 spiro atoms. The fourth-order valence-corrected chi connectivity index (χ4v) is 9.93. The molecule has 0 aliphatic rings. The summed E-state index contributed by atoms with van der Waals surface area (Å²) in [4.78, 5) is 38.3. The van der Waals surface area contributed by atoms with Gasteiger partial charge in [0.1, 0.15) is 13.2 Å². The van der Waals surface area contributed by atoms with Crippen LogP contribution in [-0.2, 0) is 28.6 Å². The number of hydrogen-bond donors (Lipinski definition) is 0. The zero-order chi connectivity index (χ0) is 57.1. The molecule has 0 heterocycles. The lowest BCUT2D eigenvalue weighted by Gasteiger charge is -2.18. The Morgan fingerprint density at radius 3 is 0.759 bits per heavy atom. The second-order valence-corrected chi connectivity index (χ2v) is 23.1. The lowest BCUT2D eigenvalue weighted by molar-refractivity contribution is -0.167. The van der Waals surface area contributed by atoms with Crippen LogP contribution in [0.3, 0.4) is 0 Å². The number of allylic oxidation sites excluding steroid dienone is 12. The molecule has 0 saturated heterocycles.